The molecule has 0 saturated heterocycles. The predicted molar refractivity (Wildman–Crippen MR) is 118 cm³/mol. The molecule has 1 aromatic rings. The van der Waals surface area contributed by atoms with Gasteiger partial charge >= 0.3 is 5.97 Å². The van der Waals surface area contributed by atoms with E-state index < -0.39 is 17.3 Å². The van der Waals surface area contributed by atoms with Gasteiger partial charge in [0.05, 0.1) is 5.29 Å². The molecule has 0 aliphatic heterocycles. The van der Waals surface area contributed by atoms with E-state index in [0.717, 1.165) is 18.8 Å². The predicted octanol–water partition coefficient (Wildman–Crippen LogP) is 4.69. The normalized spacial score (nSPS) is 22.1. The second kappa shape index (κ2) is 11.0. The second-order valence-corrected chi connectivity index (χ2v) is 8.82. The number of carboxylic acid groups (broad SMARTS) is 1. The Kier molecular flexibility index (Phi) is 8.08. The molecule has 2 N–H and O–H groups in total. The summed E-state index contributed by atoms with van der Waals surface area (Å²) in [5, 5.41) is 15.9. The molecule has 2 aliphatic rings. The Balaban J connectivity index is 1.70. The zero-order valence-corrected chi connectivity index (χ0v) is 18.3. The summed E-state index contributed by atoms with van der Waals surface area (Å²) in [4.78, 5) is 38.4. The summed E-state index contributed by atoms with van der Waals surface area (Å²) < 4.78 is 5.48. The number of allylic oxidation sites excluding steroid dienone is 4. The Hall–Kier alpha value is -3.10. The largest absolute Gasteiger partial charge is 0.480 e. The lowest BCUT2D eigenvalue weighted by Crippen LogP contribution is -2.21. The number of carbonyl (C=O) groups excluding carboxylic acids is 1. The molecular formula is C23H30N4O5. The van der Waals surface area contributed by atoms with Crippen molar-refractivity contribution in [2.45, 2.75) is 70.6 Å². The molecule has 2 unspecified atom stereocenters. The van der Waals surface area contributed by atoms with Gasteiger partial charge in [0.15, 0.2) is 0 Å². The Morgan fingerprint density at radius 3 is 2.81 bits per heavy atom. The zero-order valence-electron chi connectivity index (χ0n) is 18.3. The van der Waals surface area contributed by atoms with Crippen LogP contribution < -0.4 is 5.43 Å². The first-order chi connectivity index (χ1) is 15.4. The van der Waals surface area contributed by atoms with Crippen molar-refractivity contribution >= 4 is 17.4 Å². The van der Waals surface area contributed by atoms with Crippen molar-refractivity contribution in [3.63, 3.8) is 0 Å². The fraction of sp³-hybridized carbons (Fsp3) is 0.565. The summed E-state index contributed by atoms with van der Waals surface area (Å²) in [5.41, 5.74) is 1.43. The van der Waals surface area contributed by atoms with Crippen LogP contribution in [0.4, 0.5) is 0 Å². The van der Waals surface area contributed by atoms with Crippen LogP contribution in [-0.2, 0) is 9.59 Å². The lowest BCUT2D eigenvalue weighted by molar-refractivity contribution is -0.142. The number of carboxylic acids is 1. The van der Waals surface area contributed by atoms with E-state index in [0.29, 0.717) is 23.7 Å². The molecule has 0 spiro atoms. The first-order valence-electron chi connectivity index (χ1n) is 11.2. The number of hydrogen-bond donors (Lipinski definition) is 2. The highest BCUT2D eigenvalue weighted by molar-refractivity contribution is 5.82. The molecule has 1 fully saturated rings. The number of nitrogens with one attached hydrogen (secondary N) is 1. The van der Waals surface area contributed by atoms with E-state index in [1.807, 2.05) is 5.43 Å². The number of aliphatic carboxylic acids is 1. The van der Waals surface area contributed by atoms with E-state index in [9.17, 15) is 19.6 Å². The number of amides is 1. The fourth-order valence-corrected chi connectivity index (χ4v) is 4.30. The Morgan fingerprint density at radius 2 is 2.09 bits per heavy atom. The highest BCUT2D eigenvalue weighted by Gasteiger charge is 2.28. The number of rotatable bonds is 10. The van der Waals surface area contributed by atoms with Gasteiger partial charge in [0.1, 0.15) is 5.41 Å². The number of aromatic nitrogens is 2. The summed E-state index contributed by atoms with van der Waals surface area (Å²) in [7, 11) is 0. The first kappa shape index (κ1) is 23.6. The maximum Gasteiger partial charge on any atom is 0.317 e. The smallest absolute Gasteiger partial charge is 0.317 e. The maximum absolute atomic E-state index is 12.0. The topological polar surface area (TPSA) is 135 Å². The monoisotopic (exact) mass is 442 g/mol. The van der Waals surface area contributed by atoms with Crippen LogP contribution in [0.15, 0.2) is 40.2 Å². The third-order valence-electron chi connectivity index (χ3n) is 6.33. The minimum atomic E-state index is -1.12. The number of nitrogens with zero attached hydrogens (tertiary/aromatic N) is 3. The highest BCUT2D eigenvalue weighted by Crippen LogP contribution is 2.32. The van der Waals surface area contributed by atoms with Gasteiger partial charge in [-0.1, -0.05) is 80.5 Å². The average Bonchev–Trinajstić information content (AvgIpc) is 3.17. The van der Waals surface area contributed by atoms with Crippen molar-refractivity contribution in [3.05, 3.63) is 47.0 Å². The number of carbonyl (C=O) groups is 2. The van der Waals surface area contributed by atoms with Crippen molar-refractivity contribution in [1.82, 2.24) is 15.6 Å². The molecule has 0 aromatic carbocycles. The van der Waals surface area contributed by atoms with Crippen LogP contribution in [0.3, 0.4) is 0 Å². The van der Waals surface area contributed by atoms with Gasteiger partial charge in [-0.2, -0.15) is 4.98 Å². The second-order valence-electron chi connectivity index (χ2n) is 8.82. The summed E-state index contributed by atoms with van der Waals surface area (Å²) >= 11 is 0. The fourth-order valence-electron chi connectivity index (χ4n) is 4.30. The van der Waals surface area contributed by atoms with Gasteiger partial charge in [-0.25, -0.2) is 5.43 Å². The molecule has 9 nitrogen and oxygen atoms in total. The van der Waals surface area contributed by atoms with Crippen molar-refractivity contribution in [1.29, 1.82) is 0 Å². The van der Waals surface area contributed by atoms with Gasteiger partial charge in [0.2, 0.25) is 17.6 Å². The summed E-state index contributed by atoms with van der Waals surface area (Å²) in [6, 6.07) is 0. The zero-order chi connectivity index (χ0) is 23.0. The van der Waals surface area contributed by atoms with Crippen LogP contribution in [0.5, 0.6) is 0 Å². The molecule has 2 aliphatic carbocycles. The standard InChI is InChI=1S/C23H30N4O5/c1-23(22(29)30)13-6-11-17(12-14-23)20-24-21(32-26-20)18(15-19(28)25-27-31)10-5-9-16-7-3-2-4-8-16/h6,11-14,16,18H,2-5,7-10,15H2,1H3,(H,29,30)(H,25,28,31). The maximum atomic E-state index is 12.0. The van der Waals surface area contributed by atoms with Crippen LogP contribution >= 0.6 is 0 Å². The summed E-state index contributed by atoms with van der Waals surface area (Å²) in [6.45, 7) is 1.60. The molecule has 3 rings (SSSR count). The Morgan fingerprint density at radius 1 is 1.31 bits per heavy atom. The van der Waals surface area contributed by atoms with Gasteiger partial charge in [0, 0.05) is 17.9 Å². The molecule has 32 heavy (non-hydrogen) atoms. The number of hydrogen-bond acceptors (Lipinski definition) is 7. The van der Waals surface area contributed by atoms with Crippen LogP contribution in [-0.4, -0.2) is 27.1 Å². The van der Waals surface area contributed by atoms with E-state index in [-0.39, 0.29) is 12.3 Å². The Bertz CT molecular complexity index is 913. The van der Waals surface area contributed by atoms with Crippen molar-refractivity contribution < 1.29 is 19.2 Å². The van der Waals surface area contributed by atoms with E-state index in [2.05, 4.69) is 15.4 Å². The van der Waals surface area contributed by atoms with E-state index >= 15 is 0 Å². The SMILES string of the molecule is CC1(C(=O)O)C=CC=C(c2noc(C(CCCC3CCCCC3)CC(=O)NN=O)n2)C=C1. The third kappa shape index (κ3) is 6.21. The molecule has 2 atom stereocenters. The quantitative estimate of drug-likeness (QED) is 0.396. The van der Waals surface area contributed by atoms with Gasteiger partial charge < -0.3 is 9.63 Å². The van der Waals surface area contributed by atoms with Gasteiger partial charge in [0.25, 0.3) is 0 Å². The minimum absolute atomic E-state index is 0.0317. The Labute approximate surface area is 187 Å². The highest BCUT2D eigenvalue weighted by atomic mass is 16.5. The lowest BCUT2D eigenvalue weighted by Gasteiger charge is -2.22. The summed E-state index contributed by atoms with van der Waals surface area (Å²) in [6.07, 6.45) is 17.3. The van der Waals surface area contributed by atoms with Crippen molar-refractivity contribution in [2.24, 2.45) is 16.6 Å². The molecular weight excluding hydrogens is 412 g/mol. The molecule has 0 radical (unpaired) electrons. The molecule has 0 bridgehead atoms. The van der Waals surface area contributed by atoms with Crippen LogP contribution in [0.1, 0.15) is 82.3 Å². The van der Waals surface area contributed by atoms with Gasteiger partial charge in [-0.15, -0.1) is 4.91 Å². The van der Waals surface area contributed by atoms with Crippen molar-refractivity contribution in [2.75, 3.05) is 0 Å². The average molecular weight is 443 g/mol. The molecule has 172 valence electrons. The van der Waals surface area contributed by atoms with Crippen LogP contribution in [0, 0.1) is 16.2 Å². The minimum Gasteiger partial charge on any atom is -0.480 e. The molecule has 1 heterocycles. The summed E-state index contributed by atoms with van der Waals surface area (Å²) in [5.74, 6) is -0.395. The van der Waals surface area contributed by atoms with E-state index in [4.69, 9.17) is 4.52 Å². The van der Waals surface area contributed by atoms with Gasteiger partial charge in [-0.05, 0) is 19.3 Å². The van der Waals surface area contributed by atoms with Crippen molar-refractivity contribution in [3.8, 4) is 0 Å². The van der Waals surface area contributed by atoms with Crippen LogP contribution in [0.25, 0.3) is 5.57 Å². The van der Waals surface area contributed by atoms with E-state index in [1.54, 1.807) is 37.3 Å². The van der Waals surface area contributed by atoms with Gasteiger partial charge in [-0.3, -0.25) is 9.59 Å². The molecule has 1 aromatic heterocycles. The number of nitroso groups, excluding NO2 is 1. The first-order valence-corrected chi connectivity index (χ1v) is 11.2. The molecule has 1 saturated carbocycles. The van der Waals surface area contributed by atoms with Crippen LogP contribution in [0.2, 0.25) is 0 Å². The lowest BCUT2D eigenvalue weighted by atomic mass is 9.84. The third-order valence-corrected chi connectivity index (χ3v) is 6.33. The molecule has 9 heteroatoms. The van der Waals surface area contributed by atoms with E-state index in [1.165, 1.54) is 32.1 Å². The molecule has 1 amide bonds.